The molecule has 4 rings (SSSR count). The van der Waals surface area contributed by atoms with Crippen molar-refractivity contribution in [2.45, 2.75) is 43.3 Å². The van der Waals surface area contributed by atoms with Gasteiger partial charge in [0, 0.05) is 7.11 Å². The van der Waals surface area contributed by atoms with E-state index in [1.165, 1.54) is 44.8 Å². The monoisotopic (exact) mass is 440 g/mol. The highest BCUT2D eigenvalue weighted by Crippen LogP contribution is 2.37. The Bertz CT molecular complexity index is 1040. The number of ether oxygens (including phenoxy) is 1. The van der Waals surface area contributed by atoms with E-state index in [-0.39, 0.29) is 18.9 Å². The smallest absolute Gasteiger partial charge is 0.283 e. The van der Waals surface area contributed by atoms with Crippen molar-refractivity contribution in [2.24, 2.45) is 4.99 Å². The molecule has 164 valence electrons. The minimum Gasteiger partial charge on any atom is -0.383 e. The highest BCUT2D eigenvalue weighted by molar-refractivity contribution is 7.91. The summed E-state index contributed by atoms with van der Waals surface area (Å²) >= 11 is 0. The Hall–Kier alpha value is -2.51. The molecule has 2 aromatic rings. The molecule has 1 aliphatic carbocycles. The molecule has 0 N–H and O–H groups in total. The molecule has 1 amide bonds. The molecule has 1 aliphatic heterocycles. The van der Waals surface area contributed by atoms with Gasteiger partial charge in [-0.2, -0.15) is 0 Å². The number of aliphatic imine (C=N–C) groups is 1. The second-order valence-electron chi connectivity index (χ2n) is 8.13. The number of benzene rings is 2. The van der Waals surface area contributed by atoms with Crippen molar-refractivity contribution in [3.8, 4) is 0 Å². The Kier molecular flexibility index (Phi) is 6.53. The van der Waals surface area contributed by atoms with Gasteiger partial charge in [0.25, 0.3) is 15.9 Å². The third-order valence-corrected chi connectivity index (χ3v) is 8.17. The van der Waals surface area contributed by atoms with Crippen LogP contribution in [-0.2, 0) is 19.6 Å². The molecule has 7 heteroatoms. The zero-order chi connectivity index (χ0) is 21.8. The van der Waals surface area contributed by atoms with E-state index in [0.717, 1.165) is 4.31 Å². The first-order valence-corrected chi connectivity index (χ1v) is 12.3. The second-order valence-corrected chi connectivity index (χ2v) is 10.1. The molecule has 0 aromatic heterocycles. The first kappa shape index (κ1) is 21.7. The first-order valence-electron chi connectivity index (χ1n) is 10.8. The van der Waals surface area contributed by atoms with Gasteiger partial charge in [0.1, 0.15) is 5.71 Å². The predicted octanol–water partition coefficient (Wildman–Crippen LogP) is 4.37. The van der Waals surface area contributed by atoms with Crippen LogP contribution in [0.5, 0.6) is 0 Å². The lowest BCUT2D eigenvalue weighted by Crippen LogP contribution is -2.33. The number of sulfonamides is 1. The summed E-state index contributed by atoms with van der Waals surface area (Å²) in [4.78, 5) is 17.6. The maximum atomic E-state index is 13.2. The van der Waals surface area contributed by atoms with Crippen LogP contribution >= 0.6 is 0 Å². The summed E-state index contributed by atoms with van der Waals surface area (Å²) in [6, 6.07) is 16.7. The lowest BCUT2D eigenvalue weighted by atomic mass is 9.84. The molecule has 1 heterocycles. The molecule has 1 unspecified atom stereocenters. The molecule has 0 bridgehead atoms. The maximum Gasteiger partial charge on any atom is 0.283 e. The van der Waals surface area contributed by atoms with Gasteiger partial charge < -0.3 is 4.74 Å². The molecule has 1 saturated heterocycles. The number of methoxy groups -OCH3 is 1. The molecule has 0 radical (unpaired) electrons. The van der Waals surface area contributed by atoms with E-state index in [4.69, 9.17) is 4.74 Å². The van der Waals surface area contributed by atoms with Crippen LogP contribution in [-0.4, -0.2) is 44.6 Å². The average Bonchev–Trinajstić information content (AvgIpc) is 2.98. The number of hydrogen-bond acceptors (Lipinski definition) is 5. The van der Waals surface area contributed by atoms with Gasteiger partial charge in [-0.3, -0.25) is 4.79 Å². The van der Waals surface area contributed by atoms with Gasteiger partial charge in [0.2, 0.25) is 0 Å². The van der Waals surface area contributed by atoms with Gasteiger partial charge >= 0.3 is 0 Å². The first-order chi connectivity index (χ1) is 15.0. The summed E-state index contributed by atoms with van der Waals surface area (Å²) in [5, 5.41) is -1.11. The molecule has 0 spiro atoms. The summed E-state index contributed by atoms with van der Waals surface area (Å²) < 4.78 is 32.4. The van der Waals surface area contributed by atoms with E-state index in [0.29, 0.717) is 17.2 Å². The molecule has 31 heavy (non-hydrogen) atoms. The topological polar surface area (TPSA) is 76.0 Å². The van der Waals surface area contributed by atoms with E-state index >= 15 is 0 Å². The fourth-order valence-electron chi connectivity index (χ4n) is 4.49. The highest BCUT2D eigenvalue weighted by atomic mass is 32.2. The normalized spacial score (nSPS) is 22.9. The van der Waals surface area contributed by atoms with Crippen LogP contribution in [0, 0.1) is 0 Å². The SMILES string of the molecule is COCCN1C(=O)C(=Nc2ccc(C3CCCCC3)cc2)C(c2ccccc2)S1(=O)=O. The number of nitrogens with zero attached hydrogens (tertiary/aromatic N) is 2. The number of amides is 1. The highest BCUT2D eigenvalue weighted by Gasteiger charge is 2.50. The summed E-state index contributed by atoms with van der Waals surface area (Å²) in [6.07, 6.45) is 6.23. The van der Waals surface area contributed by atoms with Crippen LogP contribution in [0.4, 0.5) is 5.69 Å². The van der Waals surface area contributed by atoms with Crippen LogP contribution in [0.2, 0.25) is 0 Å². The van der Waals surface area contributed by atoms with Crippen LogP contribution in [0.25, 0.3) is 0 Å². The van der Waals surface area contributed by atoms with E-state index in [1.54, 1.807) is 24.3 Å². The van der Waals surface area contributed by atoms with Crippen molar-refractivity contribution in [1.82, 2.24) is 4.31 Å². The number of rotatable bonds is 6. The standard InChI is InChI=1S/C24H28N2O4S/c1-30-17-16-26-24(27)22(23(31(26,28)29)20-10-6-3-7-11-20)25-21-14-12-19(13-15-21)18-8-4-2-5-9-18/h3,6-7,10-15,18,23H,2,4-5,8-9,16-17H2,1H3. The average molecular weight is 441 g/mol. The van der Waals surface area contributed by atoms with Gasteiger partial charge in [0.15, 0.2) is 5.25 Å². The van der Waals surface area contributed by atoms with Crippen LogP contribution < -0.4 is 0 Å². The Balaban J connectivity index is 1.69. The van der Waals surface area contributed by atoms with E-state index in [1.807, 2.05) is 18.2 Å². The minimum atomic E-state index is -3.92. The summed E-state index contributed by atoms with van der Waals surface area (Å²) in [5.74, 6) is -0.00666. The lowest BCUT2D eigenvalue weighted by molar-refractivity contribution is -0.119. The van der Waals surface area contributed by atoms with Crippen molar-refractivity contribution >= 4 is 27.3 Å². The molecule has 2 aliphatic rings. The van der Waals surface area contributed by atoms with Gasteiger partial charge in [-0.25, -0.2) is 17.7 Å². The Labute approximate surface area is 184 Å². The van der Waals surface area contributed by atoms with E-state index in [2.05, 4.69) is 17.1 Å². The van der Waals surface area contributed by atoms with Gasteiger partial charge in [-0.05, 0) is 42.0 Å². The molecule has 1 atom stereocenters. The van der Waals surface area contributed by atoms with Crippen molar-refractivity contribution in [1.29, 1.82) is 0 Å². The number of carbonyl (C=O) groups excluding carboxylic acids is 1. The van der Waals surface area contributed by atoms with Crippen LogP contribution in [0.1, 0.15) is 54.4 Å². The van der Waals surface area contributed by atoms with E-state index < -0.39 is 21.2 Å². The van der Waals surface area contributed by atoms with Crippen LogP contribution in [0.3, 0.4) is 0 Å². The third-order valence-electron chi connectivity index (χ3n) is 6.12. The summed E-state index contributed by atoms with van der Waals surface area (Å²) in [5.41, 5.74) is 2.45. The van der Waals surface area contributed by atoms with Crippen molar-refractivity contribution < 1.29 is 17.9 Å². The summed E-state index contributed by atoms with van der Waals surface area (Å²) in [6.45, 7) is 0.108. The van der Waals surface area contributed by atoms with Crippen molar-refractivity contribution in [2.75, 3.05) is 20.3 Å². The molecular formula is C24H28N2O4S. The molecule has 2 aromatic carbocycles. The quantitative estimate of drug-likeness (QED) is 0.669. The van der Waals surface area contributed by atoms with Crippen LogP contribution in [0.15, 0.2) is 59.6 Å². The Morgan fingerprint density at radius 3 is 2.29 bits per heavy atom. The largest absolute Gasteiger partial charge is 0.383 e. The van der Waals surface area contributed by atoms with E-state index in [9.17, 15) is 13.2 Å². The Morgan fingerprint density at radius 2 is 1.65 bits per heavy atom. The molecule has 2 fully saturated rings. The minimum absolute atomic E-state index is 0.0271. The van der Waals surface area contributed by atoms with Crippen molar-refractivity contribution in [3.63, 3.8) is 0 Å². The number of hydrogen-bond donors (Lipinski definition) is 0. The number of carbonyl (C=O) groups is 1. The lowest BCUT2D eigenvalue weighted by Gasteiger charge is -2.21. The zero-order valence-corrected chi connectivity index (χ0v) is 18.6. The molecule has 1 saturated carbocycles. The second kappa shape index (κ2) is 9.32. The fourth-order valence-corrected chi connectivity index (χ4v) is 6.33. The zero-order valence-electron chi connectivity index (χ0n) is 17.7. The molecule has 6 nitrogen and oxygen atoms in total. The maximum absolute atomic E-state index is 13.2. The van der Waals surface area contributed by atoms with Crippen molar-refractivity contribution in [3.05, 3.63) is 65.7 Å². The fraction of sp³-hybridized carbons (Fsp3) is 0.417. The van der Waals surface area contributed by atoms with Gasteiger partial charge in [0.05, 0.1) is 18.8 Å². The predicted molar refractivity (Wildman–Crippen MR) is 121 cm³/mol. The molecular weight excluding hydrogens is 412 g/mol. The third kappa shape index (κ3) is 4.43. The van der Waals surface area contributed by atoms with Gasteiger partial charge in [-0.1, -0.05) is 61.7 Å². The summed E-state index contributed by atoms with van der Waals surface area (Å²) in [7, 11) is -2.45. The Morgan fingerprint density at radius 1 is 0.968 bits per heavy atom. The van der Waals surface area contributed by atoms with Gasteiger partial charge in [-0.15, -0.1) is 0 Å².